The lowest BCUT2D eigenvalue weighted by Gasteiger charge is -2.32. The molecule has 0 heterocycles. The minimum absolute atomic E-state index is 0.0552. The van der Waals surface area contributed by atoms with Crippen LogP contribution in [0.25, 0.3) is 0 Å². The number of rotatable bonds is 11. The summed E-state index contributed by atoms with van der Waals surface area (Å²) >= 11 is 9.42. The first-order chi connectivity index (χ1) is 18.0. The number of nitrogens with one attached hydrogen (secondary N) is 1. The van der Waals surface area contributed by atoms with Crippen molar-refractivity contribution in [2.45, 2.75) is 50.7 Å². The van der Waals surface area contributed by atoms with Crippen LogP contribution in [0, 0.1) is 0 Å². The molecule has 1 N–H and O–H groups in total. The van der Waals surface area contributed by atoms with Crippen molar-refractivity contribution >= 4 is 55.1 Å². The fraction of sp³-hybridized carbons (Fsp3) is 0.286. The molecule has 0 unspecified atom stereocenters. The first-order valence-electron chi connectivity index (χ1n) is 12.2. The van der Waals surface area contributed by atoms with Gasteiger partial charge in [0.2, 0.25) is 11.8 Å². The molecule has 0 fully saturated rings. The Balaban J connectivity index is 2.01. The first kappa shape index (κ1) is 29.7. The third kappa shape index (κ3) is 7.58. The van der Waals surface area contributed by atoms with Crippen molar-refractivity contribution in [2.75, 3.05) is 10.8 Å². The molecule has 202 valence electrons. The van der Waals surface area contributed by atoms with Gasteiger partial charge in [0.15, 0.2) is 0 Å². The van der Waals surface area contributed by atoms with Gasteiger partial charge in [-0.05, 0) is 68.3 Å². The van der Waals surface area contributed by atoms with Gasteiger partial charge in [-0.25, -0.2) is 8.42 Å². The van der Waals surface area contributed by atoms with E-state index >= 15 is 0 Å². The van der Waals surface area contributed by atoms with E-state index < -0.39 is 28.5 Å². The fourth-order valence-electron chi connectivity index (χ4n) is 3.71. The predicted octanol–water partition coefficient (Wildman–Crippen LogP) is 5.63. The van der Waals surface area contributed by atoms with Crippen LogP contribution in [-0.4, -0.2) is 43.8 Å². The van der Waals surface area contributed by atoms with Crippen LogP contribution in [0.5, 0.6) is 0 Å². The van der Waals surface area contributed by atoms with Gasteiger partial charge in [0, 0.05) is 22.1 Å². The average Bonchev–Trinajstić information content (AvgIpc) is 2.91. The van der Waals surface area contributed by atoms with Crippen molar-refractivity contribution in [3.05, 3.63) is 93.9 Å². The van der Waals surface area contributed by atoms with Gasteiger partial charge in [0.25, 0.3) is 10.0 Å². The van der Waals surface area contributed by atoms with Gasteiger partial charge in [-0.15, -0.1) is 0 Å². The van der Waals surface area contributed by atoms with Gasteiger partial charge in [-0.3, -0.25) is 13.9 Å². The highest BCUT2D eigenvalue weighted by Crippen LogP contribution is 2.27. The summed E-state index contributed by atoms with van der Waals surface area (Å²) in [6.07, 6.45) is 0.732. The van der Waals surface area contributed by atoms with Gasteiger partial charge < -0.3 is 10.2 Å². The highest BCUT2D eigenvalue weighted by molar-refractivity contribution is 9.10. The molecule has 0 aliphatic carbocycles. The molecular weight excluding hydrogens is 590 g/mol. The number of benzene rings is 3. The summed E-state index contributed by atoms with van der Waals surface area (Å²) in [5, 5.41) is 3.46. The maximum atomic E-state index is 13.9. The van der Waals surface area contributed by atoms with Crippen molar-refractivity contribution in [1.29, 1.82) is 0 Å². The Morgan fingerprint density at radius 3 is 2.24 bits per heavy atom. The molecule has 0 saturated heterocycles. The summed E-state index contributed by atoms with van der Waals surface area (Å²) in [7, 11) is -4.10. The molecule has 0 spiro atoms. The summed E-state index contributed by atoms with van der Waals surface area (Å²) in [6, 6.07) is 20.7. The summed E-state index contributed by atoms with van der Waals surface area (Å²) in [5.74, 6) is -0.840. The number of amides is 2. The minimum atomic E-state index is -4.10. The third-order valence-electron chi connectivity index (χ3n) is 6.14. The number of sulfonamides is 1. The molecule has 0 aliphatic heterocycles. The monoisotopic (exact) mass is 619 g/mol. The zero-order chi connectivity index (χ0) is 27.9. The van der Waals surface area contributed by atoms with E-state index in [4.69, 9.17) is 11.6 Å². The molecular formula is C28H31BrClN3O4S. The van der Waals surface area contributed by atoms with Crippen LogP contribution in [0.4, 0.5) is 5.69 Å². The lowest BCUT2D eigenvalue weighted by Crippen LogP contribution is -2.52. The summed E-state index contributed by atoms with van der Waals surface area (Å²) in [4.78, 5) is 28.4. The van der Waals surface area contributed by atoms with Crippen LogP contribution in [0.2, 0.25) is 5.02 Å². The maximum Gasteiger partial charge on any atom is 0.264 e. The molecule has 3 aromatic carbocycles. The van der Waals surface area contributed by atoms with E-state index in [0.29, 0.717) is 15.2 Å². The topological polar surface area (TPSA) is 86.8 Å². The van der Waals surface area contributed by atoms with Crippen LogP contribution in [0.1, 0.15) is 32.8 Å². The fourth-order valence-corrected chi connectivity index (χ4v) is 5.65. The predicted molar refractivity (Wildman–Crippen MR) is 154 cm³/mol. The largest absolute Gasteiger partial charge is 0.352 e. The van der Waals surface area contributed by atoms with Gasteiger partial charge in [-0.1, -0.05) is 70.9 Å². The van der Waals surface area contributed by atoms with Gasteiger partial charge in [0.1, 0.15) is 12.6 Å². The molecule has 10 heteroatoms. The second-order valence-electron chi connectivity index (χ2n) is 8.95. The summed E-state index contributed by atoms with van der Waals surface area (Å²) in [6.45, 7) is 5.08. The van der Waals surface area contributed by atoms with E-state index in [1.807, 2.05) is 13.8 Å². The normalized spacial score (nSPS) is 12.9. The van der Waals surface area contributed by atoms with Gasteiger partial charge in [-0.2, -0.15) is 0 Å². The number of hydrogen-bond acceptors (Lipinski definition) is 4. The molecule has 38 heavy (non-hydrogen) atoms. The number of carbonyl (C=O) groups is 2. The molecule has 3 aromatic rings. The maximum absolute atomic E-state index is 13.9. The second-order valence-corrected chi connectivity index (χ2v) is 12.2. The van der Waals surface area contributed by atoms with E-state index in [-0.39, 0.29) is 23.4 Å². The average molecular weight is 621 g/mol. The lowest BCUT2D eigenvalue weighted by molar-refractivity contribution is -0.139. The van der Waals surface area contributed by atoms with Crippen LogP contribution >= 0.6 is 27.5 Å². The standard InChI is InChI=1S/C28H31BrClN3O4S/c1-4-20(2)31-28(35)21(3)32(18-22-13-15-24(30)16-14-22)27(34)19-33(25-10-8-9-23(29)17-25)38(36,37)26-11-6-5-7-12-26/h5-17,20-21H,4,18-19H2,1-3H3,(H,31,35)/t20-,21-/m0/s1. The molecule has 2 amide bonds. The molecule has 0 radical (unpaired) electrons. The van der Waals surface area contributed by atoms with Crippen molar-refractivity contribution in [1.82, 2.24) is 10.2 Å². The molecule has 2 atom stereocenters. The van der Waals surface area contributed by atoms with Crippen molar-refractivity contribution in [3.8, 4) is 0 Å². The molecule has 3 rings (SSSR count). The quantitative estimate of drug-likeness (QED) is 0.301. The van der Waals surface area contributed by atoms with Crippen molar-refractivity contribution < 1.29 is 18.0 Å². The summed E-state index contributed by atoms with van der Waals surface area (Å²) in [5.41, 5.74) is 1.07. The highest BCUT2D eigenvalue weighted by Gasteiger charge is 2.32. The van der Waals surface area contributed by atoms with E-state index in [9.17, 15) is 18.0 Å². The van der Waals surface area contributed by atoms with Crippen molar-refractivity contribution in [2.24, 2.45) is 0 Å². The zero-order valence-corrected chi connectivity index (χ0v) is 24.6. The number of anilines is 1. The molecule has 7 nitrogen and oxygen atoms in total. The van der Waals surface area contributed by atoms with Crippen LogP contribution in [0.15, 0.2) is 88.2 Å². The number of nitrogens with zero attached hydrogens (tertiary/aromatic N) is 2. The van der Waals surface area contributed by atoms with E-state index in [1.54, 1.807) is 73.7 Å². The Morgan fingerprint density at radius 1 is 0.974 bits per heavy atom. The van der Waals surface area contributed by atoms with Gasteiger partial charge in [0.05, 0.1) is 10.6 Å². The van der Waals surface area contributed by atoms with E-state index in [1.165, 1.54) is 17.0 Å². The Kier molecular flexibility index (Phi) is 10.4. The number of halogens is 2. The third-order valence-corrected chi connectivity index (χ3v) is 8.67. The SMILES string of the molecule is CC[C@H](C)NC(=O)[C@H](C)N(Cc1ccc(Cl)cc1)C(=O)CN(c1cccc(Br)c1)S(=O)(=O)c1ccccc1. The smallest absolute Gasteiger partial charge is 0.264 e. The lowest BCUT2D eigenvalue weighted by atomic mass is 10.1. The van der Waals surface area contributed by atoms with E-state index in [2.05, 4.69) is 21.2 Å². The molecule has 0 saturated carbocycles. The first-order valence-corrected chi connectivity index (χ1v) is 14.8. The Bertz CT molecular complexity index is 1350. The second kappa shape index (κ2) is 13.3. The zero-order valence-electron chi connectivity index (χ0n) is 21.5. The Labute approximate surface area is 238 Å². The van der Waals surface area contributed by atoms with Crippen LogP contribution < -0.4 is 9.62 Å². The van der Waals surface area contributed by atoms with Crippen molar-refractivity contribution in [3.63, 3.8) is 0 Å². The molecule has 0 aromatic heterocycles. The summed E-state index contributed by atoms with van der Waals surface area (Å²) < 4.78 is 29.2. The Morgan fingerprint density at radius 2 is 1.63 bits per heavy atom. The van der Waals surface area contributed by atoms with Crippen LogP contribution in [-0.2, 0) is 26.2 Å². The Hall–Kier alpha value is -2.88. The van der Waals surface area contributed by atoms with Gasteiger partial charge >= 0.3 is 0 Å². The molecule has 0 bridgehead atoms. The van der Waals surface area contributed by atoms with E-state index in [0.717, 1.165) is 16.3 Å². The number of carbonyl (C=O) groups excluding carboxylic acids is 2. The molecule has 0 aliphatic rings. The minimum Gasteiger partial charge on any atom is -0.352 e. The number of hydrogen-bond donors (Lipinski definition) is 1. The van der Waals surface area contributed by atoms with Crippen LogP contribution in [0.3, 0.4) is 0 Å². The highest BCUT2D eigenvalue weighted by atomic mass is 79.9.